The van der Waals surface area contributed by atoms with Crippen molar-refractivity contribution >= 4 is 80.1 Å². The quantitative estimate of drug-likeness (QED) is 0.103. The normalized spacial score (nSPS) is 11.0. The van der Waals surface area contributed by atoms with Crippen LogP contribution in [0.4, 0.5) is 56.9 Å². The highest BCUT2D eigenvalue weighted by Crippen LogP contribution is 2.46. The topological polar surface area (TPSA) is 19.4 Å². The average Bonchev–Trinajstić information content (AvgIpc) is 3.20. The Labute approximate surface area is 344 Å². The molecular weight excluding hydrogens is 731 g/mol. The maximum Gasteiger partial charge on any atom is 0.0695 e. The third-order valence-electron chi connectivity index (χ3n) is 10.3. The van der Waals surface area contributed by atoms with E-state index in [1.807, 2.05) is 0 Å². The molecule has 0 atom stereocenters. The molecular formula is C48H54Cl2N6. The van der Waals surface area contributed by atoms with Crippen molar-refractivity contribution in [3.8, 4) is 0 Å². The Kier molecular flexibility index (Phi) is 13.0. The van der Waals surface area contributed by atoms with E-state index in [4.69, 9.17) is 23.2 Å². The van der Waals surface area contributed by atoms with Gasteiger partial charge in [0.15, 0.2) is 0 Å². The third-order valence-corrected chi connectivity index (χ3v) is 10.9. The monoisotopic (exact) mass is 784 g/mol. The number of halogens is 2. The second kappa shape index (κ2) is 18.1. The number of anilines is 10. The average molecular weight is 786 g/mol. The van der Waals surface area contributed by atoms with Gasteiger partial charge in [0.1, 0.15) is 0 Å². The molecule has 0 saturated carbocycles. The lowest BCUT2D eigenvalue weighted by Gasteiger charge is -2.31. The van der Waals surface area contributed by atoms with E-state index in [9.17, 15) is 0 Å². The van der Waals surface area contributed by atoms with E-state index in [0.717, 1.165) is 81.9 Å². The summed E-state index contributed by atoms with van der Waals surface area (Å²) in [6.07, 6.45) is 0.677. The smallest absolute Gasteiger partial charge is 0.0695 e. The summed E-state index contributed by atoms with van der Waals surface area (Å²) in [5.41, 5.74) is 12.7. The fourth-order valence-corrected chi connectivity index (χ4v) is 7.84. The first-order chi connectivity index (χ1) is 27.0. The van der Waals surface area contributed by atoms with E-state index >= 15 is 0 Å². The van der Waals surface area contributed by atoms with Gasteiger partial charge in [-0.2, -0.15) is 0 Å². The number of para-hydroxylation sites is 4. The standard InChI is InChI=1S/C48H54Cl2N6/c1-9-53(8)37-18-16-20-39(33-37)55(47-24-14-12-22-45(47)51(4)5)43-28-26-35(31-41(43)49)30-36-27-29-44(42(50)32-36)56(48-25-15-13-23-46(48)52(6)7)40-21-17-19-38(34-40)54(10-2)11-3/h12-29,31-34H,9-11,30H2,1-8H3. The Bertz CT molecular complexity index is 2250. The zero-order valence-electron chi connectivity index (χ0n) is 34.0. The lowest BCUT2D eigenvalue weighted by Crippen LogP contribution is -2.22. The van der Waals surface area contributed by atoms with Gasteiger partial charge in [-0.1, -0.05) is 71.7 Å². The third kappa shape index (κ3) is 8.72. The van der Waals surface area contributed by atoms with Crippen LogP contribution in [0.3, 0.4) is 0 Å². The number of rotatable bonds is 15. The molecule has 0 heterocycles. The van der Waals surface area contributed by atoms with Crippen molar-refractivity contribution in [1.29, 1.82) is 0 Å². The zero-order valence-corrected chi connectivity index (χ0v) is 35.5. The van der Waals surface area contributed by atoms with Gasteiger partial charge in [-0.15, -0.1) is 0 Å². The fourth-order valence-electron chi connectivity index (χ4n) is 7.27. The maximum absolute atomic E-state index is 7.29. The van der Waals surface area contributed by atoms with Crippen LogP contribution >= 0.6 is 23.2 Å². The Balaban J connectivity index is 1.37. The second-order valence-corrected chi connectivity index (χ2v) is 15.2. The summed E-state index contributed by atoms with van der Waals surface area (Å²) in [7, 11) is 10.4. The van der Waals surface area contributed by atoms with Crippen molar-refractivity contribution in [3.05, 3.63) is 155 Å². The molecule has 6 rings (SSSR count). The highest BCUT2D eigenvalue weighted by molar-refractivity contribution is 6.34. The molecule has 0 bridgehead atoms. The van der Waals surface area contributed by atoms with Crippen molar-refractivity contribution in [2.45, 2.75) is 27.2 Å². The summed E-state index contributed by atoms with van der Waals surface area (Å²) >= 11 is 14.6. The summed E-state index contributed by atoms with van der Waals surface area (Å²) in [5.74, 6) is 0. The molecule has 0 saturated heterocycles. The molecule has 0 aliphatic carbocycles. The highest BCUT2D eigenvalue weighted by atomic mass is 35.5. The second-order valence-electron chi connectivity index (χ2n) is 14.4. The van der Waals surface area contributed by atoms with Gasteiger partial charge in [-0.25, -0.2) is 0 Å². The first-order valence-corrected chi connectivity index (χ1v) is 20.2. The van der Waals surface area contributed by atoms with Crippen molar-refractivity contribution in [2.24, 2.45) is 0 Å². The van der Waals surface area contributed by atoms with Crippen molar-refractivity contribution in [2.75, 3.05) is 84.3 Å². The van der Waals surface area contributed by atoms with Crippen LogP contribution in [0.1, 0.15) is 31.9 Å². The molecule has 0 unspecified atom stereocenters. The van der Waals surface area contributed by atoms with Crippen LogP contribution in [0.2, 0.25) is 10.0 Å². The number of benzene rings is 6. The minimum Gasteiger partial charge on any atom is -0.376 e. The van der Waals surface area contributed by atoms with Gasteiger partial charge in [0.05, 0.1) is 44.2 Å². The van der Waals surface area contributed by atoms with E-state index in [0.29, 0.717) is 16.5 Å². The number of hydrogen-bond donors (Lipinski definition) is 0. The van der Waals surface area contributed by atoms with Gasteiger partial charge < -0.3 is 29.4 Å². The summed E-state index contributed by atoms with van der Waals surface area (Å²) < 4.78 is 0. The Morgan fingerprint density at radius 1 is 0.393 bits per heavy atom. The molecule has 0 aliphatic heterocycles. The van der Waals surface area contributed by atoms with E-state index in [-0.39, 0.29) is 0 Å². The first kappa shape index (κ1) is 40.4. The minimum absolute atomic E-state index is 0.674. The number of nitrogens with zero attached hydrogens (tertiary/aromatic N) is 6. The van der Waals surface area contributed by atoms with Gasteiger partial charge >= 0.3 is 0 Å². The minimum atomic E-state index is 0.674. The predicted molar refractivity (Wildman–Crippen MR) is 246 cm³/mol. The van der Waals surface area contributed by atoms with E-state index in [1.165, 1.54) is 5.69 Å². The molecule has 56 heavy (non-hydrogen) atoms. The molecule has 6 aromatic rings. The molecule has 290 valence electrons. The van der Waals surface area contributed by atoms with Crippen molar-refractivity contribution < 1.29 is 0 Å². The van der Waals surface area contributed by atoms with Gasteiger partial charge in [-0.3, -0.25) is 0 Å². The molecule has 0 amide bonds. The highest BCUT2D eigenvalue weighted by Gasteiger charge is 2.22. The molecule has 0 radical (unpaired) electrons. The summed E-state index contributed by atoms with van der Waals surface area (Å²) in [6.45, 7) is 9.31. The molecule has 0 spiro atoms. The van der Waals surface area contributed by atoms with Crippen LogP contribution in [0, 0.1) is 0 Å². The zero-order chi connectivity index (χ0) is 39.9. The summed E-state index contributed by atoms with van der Waals surface area (Å²) in [6, 6.07) is 47.1. The van der Waals surface area contributed by atoms with Crippen LogP contribution in [0.15, 0.2) is 133 Å². The maximum atomic E-state index is 7.29. The van der Waals surface area contributed by atoms with Crippen molar-refractivity contribution in [3.63, 3.8) is 0 Å². The molecule has 0 aromatic heterocycles. The molecule has 0 N–H and O–H groups in total. The van der Waals surface area contributed by atoms with E-state index in [1.54, 1.807) is 0 Å². The largest absolute Gasteiger partial charge is 0.376 e. The lowest BCUT2D eigenvalue weighted by atomic mass is 10.0. The van der Waals surface area contributed by atoms with Gasteiger partial charge in [0.25, 0.3) is 0 Å². The first-order valence-electron chi connectivity index (χ1n) is 19.4. The van der Waals surface area contributed by atoms with Crippen LogP contribution in [0.25, 0.3) is 0 Å². The van der Waals surface area contributed by atoms with Gasteiger partial charge in [0.2, 0.25) is 0 Å². The summed E-state index contributed by atoms with van der Waals surface area (Å²) in [5, 5.41) is 1.35. The Hall–Kier alpha value is -5.30. The van der Waals surface area contributed by atoms with Crippen molar-refractivity contribution in [1.82, 2.24) is 0 Å². The van der Waals surface area contributed by atoms with Gasteiger partial charge in [-0.05, 0) is 123 Å². The predicted octanol–water partition coefficient (Wildman–Crippen LogP) is 13.0. The van der Waals surface area contributed by atoms with Crippen LogP contribution in [0.5, 0.6) is 0 Å². The number of hydrogen-bond acceptors (Lipinski definition) is 6. The molecule has 0 aliphatic rings. The van der Waals surface area contributed by atoms with Crippen LogP contribution in [-0.4, -0.2) is 54.9 Å². The Morgan fingerprint density at radius 3 is 1.21 bits per heavy atom. The lowest BCUT2D eigenvalue weighted by molar-refractivity contribution is 0.866. The molecule has 6 nitrogen and oxygen atoms in total. The van der Waals surface area contributed by atoms with Gasteiger partial charge in [0, 0.05) is 77.6 Å². The molecule has 6 aromatic carbocycles. The van der Waals surface area contributed by atoms with E-state index in [2.05, 4.69) is 219 Å². The fraction of sp³-hybridized carbons (Fsp3) is 0.250. The SMILES string of the molecule is CCN(C)c1cccc(N(c2ccc(Cc3ccc(N(c4cccc(N(CC)CC)c4)c4ccccc4N(C)C)c(Cl)c3)cc2Cl)c2ccccc2N(C)C)c1. The molecule has 0 fully saturated rings. The summed E-state index contributed by atoms with van der Waals surface area (Å²) in [4.78, 5) is 13.4. The van der Waals surface area contributed by atoms with E-state index < -0.39 is 0 Å². The molecule has 8 heteroatoms. The van der Waals surface area contributed by atoms with Crippen LogP contribution < -0.4 is 29.4 Å². The Morgan fingerprint density at radius 2 is 0.804 bits per heavy atom. The van der Waals surface area contributed by atoms with Crippen LogP contribution in [-0.2, 0) is 6.42 Å².